The first-order valence-corrected chi connectivity index (χ1v) is 33.9. The van der Waals surface area contributed by atoms with Gasteiger partial charge in [0, 0.05) is 123 Å². The third-order valence-electron chi connectivity index (χ3n) is 22.7. The molecular formula is C78H96N6O3. The average Bonchev–Trinajstić information content (AvgIpc) is 1.73. The van der Waals surface area contributed by atoms with Gasteiger partial charge in [0.2, 0.25) is 0 Å². The van der Waals surface area contributed by atoms with Crippen LogP contribution in [-0.2, 0) is 49.9 Å². The Bertz CT molecular complexity index is 3310. The topological polar surface area (TPSA) is 137 Å². The van der Waals surface area contributed by atoms with Crippen molar-refractivity contribution in [2.24, 2.45) is 16.2 Å². The number of rotatable bonds is 6. The minimum atomic E-state index is -0.405. The number of nitrogens with zero attached hydrogens (tertiary/aromatic N) is 3. The van der Waals surface area contributed by atoms with E-state index in [2.05, 4.69) is 169 Å². The molecule has 15 rings (SSSR count). The maximum atomic E-state index is 13.6. The fourth-order valence-electron chi connectivity index (χ4n) is 19.1. The number of carbonyl (C=O) groups is 3. The normalized spacial score (nSPS) is 26.9. The number of aromatic nitrogens is 6. The van der Waals surface area contributed by atoms with Gasteiger partial charge in [-0.05, 0) is 111 Å². The van der Waals surface area contributed by atoms with Gasteiger partial charge >= 0.3 is 0 Å². The van der Waals surface area contributed by atoms with E-state index >= 15 is 0 Å². The Labute approximate surface area is 518 Å². The lowest BCUT2D eigenvalue weighted by atomic mass is 9.57. The second-order valence-corrected chi connectivity index (χ2v) is 31.2. The monoisotopic (exact) mass is 1160 g/mol. The molecule has 9 aliphatic rings. The van der Waals surface area contributed by atoms with E-state index in [9.17, 15) is 14.4 Å². The molecule has 3 heterocycles. The lowest BCUT2D eigenvalue weighted by Crippen LogP contribution is -2.41. The summed E-state index contributed by atoms with van der Waals surface area (Å²) in [7, 11) is 0. The number of fused-ring (bicyclic) bond motifs is 3. The number of hydrogen-bond acceptors (Lipinski definition) is 6. The number of allylic oxidation sites excluding steroid dienone is 6. The number of Topliss-reactive ketones (excluding diaryl/α,β-unsaturated/α-hetero) is 3. The maximum Gasteiger partial charge on any atom is 0.160 e. The quantitative estimate of drug-likeness (QED) is 0.152. The average molecular weight is 1170 g/mol. The van der Waals surface area contributed by atoms with Crippen LogP contribution in [0.2, 0.25) is 0 Å². The van der Waals surface area contributed by atoms with Crippen LogP contribution < -0.4 is 0 Å². The fraction of sp³-hybridized carbons (Fsp3) is 0.538. The Morgan fingerprint density at radius 3 is 0.816 bits per heavy atom. The van der Waals surface area contributed by atoms with Crippen LogP contribution in [-0.4, -0.2) is 47.9 Å². The fourth-order valence-corrected chi connectivity index (χ4v) is 19.1. The molecule has 6 aromatic rings. The molecule has 0 radical (unpaired) electrons. The van der Waals surface area contributed by atoms with Crippen molar-refractivity contribution in [2.75, 3.05) is 0 Å². The molecule has 3 atom stereocenters. The van der Waals surface area contributed by atoms with Gasteiger partial charge in [-0.3, -0.25) is 29.7 Å². The molecular weight excluding hydrogens is 1070 g/mol. The molecule has 3 fully saturated rings. The predicted molar refractivity (Wildman–Crippen MR) is 348 cm³/mol. The van der Waals surface area contributed by atoms with Gasteiger partial charge in [0.25, 0.3) is 0 Å². The summed E-state index contributed by atoms with van der Waals surface area (Å²) in [5, 5.41) is 25.0. The molecule has 9 nitrogen and oxygen atoms in total. The molecule has 3 aromatic carbocycles. The minimum Gasteiger partial charge on any atom is -0.294 e. The van der Waals surface area contributed by atoms with E-state index in [1.54, 1.807) is 0 Å². The molecule has 3 saturated carbocycles. The first-order chi connectivity index (χ1) is 41.7. The predicted octanol–water partition coefficient (Wildman–Crippen LogP) is 18.0. The lowest BCUT2D eigenvalue weighted by Gasteiger charge is -2.44. The zero-order chi connectivity index (χ0) is 60.7. The van der Waals surface area contributed by atoms with Crippen molar-refractivity contribution in [1.29, 1.82) is 0 Å². The molecule has 3 N–H and O–H groups in total. The van der Waals surface area contributed by atoms with Gasteiger partial charge in [-0.1, -0.05) is 207 Å². The lowest BCUT2D eigenvalue weighted by molar-refractivity contribution is -0.119. The molecule has 0 aliphatic heterocycles. The molecule has 1 unspecified atom stereocenters. The van der Waals surface area contributed by atoms with Gasteiger partial charge < -0.3 is 0 Å². The number of ketones is 3. The largest absolute Gasteiger partial charge is 0.294 e. The van der Waals surface area contributed by atoms with E-state index in [0.29, 0.717) is 54.4 Å². The Morgan fingerprint density at radius 1 is 0.333 bits per heavy atom. The molecule has 456 valence electrons. The first kappa shape index (κ1) is 59.5. The Kier molecular flexibility index (Phi) is 15.6. The summed E-state index contributed by atoms with van der Waals surface area (Å²) >= 11 is 0. The summed E-state index contributed by atoms with van der Waals surface area (Å²) < 4.78 is 0. The van der Waals surface area contributed by atoms with E-state index in [4.69, 9.17) is 15.3 Å². The summed E-state index contributed by atoms with van der Waals surface area (Å²) in [6.07, 6.45) is 26.5. The minimum absolute atomic E-state index is 0.0389. The molecule has 87 heavy (non-hydrogen) atoms. The summed E-state index contributed by atoms with van der Waals surface area (Å²) in [5.41, 5.74) is 21.1. The van der Waals surface area contributed by atoms with Crippen LogP contribution in [0.3, 0.4) is 0 Å². The molecule has 3 aromatic heterocycles. The Hall–Kier alpha value is -6.48. The van der Waals surface area contributed by atoms with E-state index in [0.717, 1.165) is 55.2 Å². The van der Waals surface area contributed by atoms with E-state index in [1.165, 1.54) is 181 Å². The van der Waals surface area contributed by atoms with Crippen LogP contribution in [0, 0.1) is 16.2 Å². The van der Waals surface area contributed by atoms with Crippen molar-refractivity contribution in [1.82, 2.24) is 30.6 Å². The van der Waals surface area contributed by atoms with Crippen LogP contribution in [0.1, 0.15) is 282 Å². The number of nitrogens with one attached hydrogen (secondary N) is 3. The molecule has 0 spiro atoms. The van der Waals surface area contributed by atoms with Gasteiger partial charge in [0.05, 0.1) is 17.1 Å². The highest BCUT2D eigenvalue weighted by Gasteiger charge is 2.53. The highest BCUT2D eigenvalue weighted by Crippen LogP contribution is 2.58. The zero-order valence-corrected chi connectivity index (χ0v) is 53.9. The van der Waals surface area contributed by atoms with Gasteiger partial charge in [-0.15, -0.1) is 0 Å². The van der Waals surface area contributed by atoms with Gasteiger partial charge in [0.1, 0.15) is 0 Å². The maximum absolute atomic E-state index is 13.6. The van der Waals surface area contributed by atoms with Crippen molar-refractivity contribution in [3.63, 3.8) is 0 Å². The van der Waals surface area contributed by atoms with Gasteiger partial charge in [-0.2, -0.15) is 15.3 Å². The third kappa shape index (κ3) is 10.6. The number of H-pyrrole nitrogens is 3. The van der Waals surface area contributed by atoms with Crippen molar-refractivity contribution in [3.05, 3.63) is 192 Å². The highest BCUT2D eigenvalue weighted by molar-refractivity contribution is 6.03. The molecule has 0 bridgehead atoms. The number of aromatic amines is 3. The Balaban J connectivity index is 0.000000121. The van der Waals surface area contributed by atoms with Crippen LogP contribution >= 0.6 is 0 Å². The number of carbonyl (C=O) groups excluding carboxylic acids is 3. The van der Waals surface area contributed by atoms with Crippen LogP contribution in [0.5, 0.6) is 0 Å². The van der Waals surface area contributed by atoms with Crippen molar-refractivity contribution in [2.45, 2.75) is 250 Å². The van der Waals surface area contributed by atoms with Crippen molar-refractivity contribution >= 4 is 17.3 Å². The van der Waals surface area contributed by atoms with Crippen LogP contribution in [0.25, 0.3) is 0 Å². The standard InChI is InChI=1S/3C26H32N2O/c3*1-25(2)15-18-14-20-23(24(28-27-20)17-10-6-4-7-11-17)26(3,22(18)21(29)16-25)19-12-8-5-9-13-19/h3*5,8-9,12-13,17H,4,6-7,10-11,14-16H2,1-3H3,(H,27,28)/t2*26-;/m10./s1. The molecule has 0 amide bonds. The van der Waals surface area contributed by atoms with E-state index in [1.807, 2.05) is 0 Å². The summed E-state index contributed by atoms with van der Waals surface area (Å²) in [4.78, 5) is 40.7. The van der Waals surface area contributed by atoms with E-state index in [-0.39, 0.29) is 16.2 Å². The molecule has 9 heteroatoms. The third-order valence-corrected chi connectivity index (χ3v) is 22.7. The molecule has 9 aliphatic carbocycles. The smallest absolute Gasteiger partial charge is 0.160 e. The van der Waals surface area contributed by atoms with E-state index < -0.39 is 16.2 Å². The first-order valence-electron chi connectivity index (χ1n) is 33.9. The van der Waals surface area contributed by atoms with Crippen molar-refractivity contribution in [3.8, 4) is 0 Å². The molecule has 0 saturated heterocycles. The summed E-state index contributed by atoms with van der Waals surface area (Å²) in [6, 6.07) is 32.0. The Morgan fingerprint density at radius 2 is 0.575 bits per heavy atom. The number of benzene rings is 3. The SMILES string of the molecule is CC1(C)CC(=O)C2=C(Cc3[nH]nc(C4CCCCC4)c3C2(C)c2ccccc2)C1.CC1(C)CC(=O)C2=C(Cc3[nH]nc(C4CCCCC4)c3[C@@]2(C)c2ccccc2)C1.CC1(C)CC(=O)C2=C(Cc3[nH]nc(C4CCCCC4)c3[C@]2(C)c2ccccc2)C1. The van der Waals surface area contributed by atoms with Gasteiger partial charge in [0.15, 0.2) is 17.3 Å². The van der Waals surface area contributed by atoms with Crippen LogP contribution in [0.4, 0.5) is 0 Å². The number of hydrogen-bond donors (Lipinski definition) is 3. The highest BCUT2D eigenvalue weighted by atomic mass is 16.1. The summed E-state index contributed by atoms with van der Waals surface area (Å²) in [5.74, 6) is 2.56. The second-order valence-electron chi connectivity index (χ2n) is 31.2. The van der Waals surface area contributed by atoms with Crippen molar-refractivity contribution < 1.29 is 14.4 Å². The second kappa shape index (κ2) is 22.8. The van der Waals surface area contributed by atoms with Crippen LogP contribution in [0.15, 0.2) is 124 Å². The van der Waals surface area contributed by atoms with Gasteiger partial charge in [-0.25, -0.2) is 0 Å². The summed E-state index contributed by atoms with van der Waals surface area (Å²) in [6.45, 7) is 20.2. The zero-order valence-electron chi connectivity index (χ0n) is 53.9.